The standard InChI is InChI=1S/C28H21F3N2O2/c29-28(30,31)23-15-7-9-20(19-23)10-8-18-32-24(34)16-17-25-33-26(21-11-3-1-4-12-21)27(35-25)22-13-5-2-6-14-22/h1-7,9,11-15,19H,16-18H2,(H,32,34). The average molecular weight is 474 g/mol. The van der Waals surface area contributed by atoms with Crippen LogP contribution in [0.25, 0.3) is 22.6 Å². The van der Waals surface area contributed by atoms with Crippen molar-refractivity contribution in [1.29, 1.82) is 0 Å². The van der Waals surface area contributed by atoms with E-state index >= 15 is 0 Å². The van der Waals surface area contributed by atoms with E-state index in [9.17, 15) is 18.0 Å². The molecule has 3 aromatic carbocycles. The fourth-order valence-electron chi connectivity index (χ4n) is 3.42. The number of hydrogen-bond donors (Lipinski definition) is 1. The van der Waals surface area contributed by atoms with Crippen molar-refractivity contribution < 1.29 is 22.4 Å². The first-order valence-electron chi connectivity index (χ1n) is 10.9. The Bertz CT molecular complexity index is 1290. The van der Waals surface area contributed by atoms with Gasteiger partial charge in [0.15, 0.2) is 11.7 Å². The molecule has 0 aliphatic heterocycles. The smallest absolute Gasteiger partial charge is 0.416 e. The van der Waals surface area contributed by atoms with Gasteiger partial charge in [-0.05, 0) is 18.2 Å². The highest BCUT2D eigenvalue weighted by molar-refractivity contribution is 5.78. The topological polar surface area (TPSA) is 55.1 Å². The zero-order valence-corrected chi connectivity index (χ0v) is 18.6. The number of nitrogens with one attached hydrogen (secondary N) is 1. The highest BCUT2D eigenvalue weighted by Gasteiger charge is 2.30. The molecule has 1 amide bonds. The predicted octanol–water partition coefficient (Wildman–Crippen LogP) is 6.13. The highest BCUT2D eigenvalue weighted by atomic mass is 19.4. The maximum absolute atomic E-state index is 12.8. The fourth-order valence-corrected chi connectivity index (χ4v) is 3.42. The van der Waals surface area contributed by atoms with Crippen molar-refractivity contribution in [1.82, 2.24) is 10.3 Å². The largest absolute Gasteiger partial charge is 0.440 e. The van der Waals surface area contributed by atoms with E-state index < -0.39 is 11.7 Å². The zero-order valence-electron chi connectivity index (χ0n) is 18.6. The summed E-state index contributed by atoms with van der Waals surface area (Å²) in [5, 5.41) is 2.65. The molecule has 0 atom stereocenters. The van der Waals surface area contributed by atoms with E-state index in [0.29, 0.717) is 23.8 Å². The molecule has 1 N–H and O–H groups in total. The summed E-state index contributed by atoms with van der Waals surface area (Å²) in [5.74, 6) is 6.13. The SMILES string of the molecule is O=C(CCc1nc(-c2ccccc2)c(-c2ccccc2)o1)NCC#Cc1cccc(C(F)(F)F)c1. The van der Waals surface area contributed by atoms with E-state index in [0.717, 1.165) is 23.3 Å². The maximum Gasteiger partial charge on any atom is 0.416 e. The number of amides is 1. The van der Waals surface area contributed by atoms with E-state index in [2.05, 4.69) is 22.1 Å². The minimum absolute atomic E-state index is 0.0190. The lowest BCUT2D eigenvalue weighted by atomic mass is 10.1. The average Bonchev–Trinajstić information content (AvgIpc) is 3.31. The van der Waals surface area contributed by atoms with Gasteiger partial charge >= 0.3 is 6.18 Å². The second-order valence-electron chi connectivity index (χ2n) is 7.67. The van der Waals surface area contributed by atoms with Crippen LogP contribution in [-0.2, 0) is 17.4 Å². The zero-order chi connectivity index (χ0) is 24.7. The van der Waals surface area contributed by atoms with E-state index in [-0.39, 0.29) is 24.4 Å². The fraction of sp³-hybridized carbons (Fsp3) is 0.143. The van der Waals surface area contributed by atoms with Crippen LogP contribution < -0.4 is 5.32 Å². The van der Waals surface area contributed by atoms with Gasteiger partial charge in [-0.3, -0.25) is 4.79 Å². The number of carbonyl (C=O) groups excluding carboxylic acids is 1. The molecule has 4 aromatic rings. The molecular formula is C28H21F3N2O2. The van der Waals surface area contributed by atoms with Crippen LogP contribution in [0, 0.1) is 11.8 Å². The van der Waals surface area contributed by atoms with Gasteiger partial charge in [-0.15, -0.1) is 0 Å². The minimum atomic E-state index is -4.42. The molecule has 7 heteroatoms. The van der Waals surface area contributed by atoms with Crippen molar-refractivity contribution in [3.8, 4) is 34.4 Å². The van der Waals surface area contributed by atoms with E-state index in [1.54, 1.807) is 0 Å². The Morgan fingerprint density at radius 3 is 2.29 bits per heavy atom. The summed E-state index contributed by atoms with van der Waals surface area (Å²) in [4.78, 5) is 16.9. The van der Waals surface area contributed by atoms with Gasteiger partial charge in [-0.25, -0.2) is 4.98 Å². The molecule has 0 aliphatic carbocycles. The maximum atomic E-state index is 12.8. The summed E-state index contributed by atoms with van der Waals surface area (Å²) in [5.41, 5.74) is 1.98. The molecule has 0 fully saturated rings. The summed E-state index contributed by atoms with van der Waals surface area (Å²) >= 11 is 0. The Kier molecular flexibility index (Phi) is 7.32. The Balaban J connectivity index is 1.38. The predicted molar refractivity (Wildman–Crippen MR) is 127 cm³/mol. The molecule has 1 heterocycles. The van der Waals surface area contributed by atoms with Gasteiger partial charge in [0.25, 0.3) is 0 Å². The molecule has 0 saturated heterocycles. The molecular weight excluding hydrogens is 453 g/mol. The van der Waals surface area contributed by atoms with Crippen LogP contribution in [0.3, 0.4) is 0 Å². The Morgan fingerprint density at radius 2 is 1.60 bits per heavy atom. The van der Waals surface area contributed by atoms with Crippen LogP contribution in [0.2, 0.25) is 0 Å². The normalized spacial score (nSPS) is 10.9. The minimum Gasteiger partial charge on any atom is -0.440 e. The first-order valence-corrected chi connectivity index (χ1v) is 10.9. The lowest BCUT2D eigenvalue weighted by Crippen LogP contribution is -2.23. The number of carbonyl (C=O) groups is 1. The van der Waals surface area contributed by atoms with Gasteiger partial charge in [0, 0.05) is 29.5 Å². The summed E-state index contributed by atoms with van der Waals surface area (Å²) in [7, 11) is 0. The number of hydrogen-bond acceptors (Lipinski definition) is 3. The third kappa shape index (κ3) is 6.39. The first kappa shape index (κ1) is 23.8. The second-order valence-corrected chi connectivity index (χ2v) is 7.67. The molecule has 35 heavy (non-hydrogen) atoms. The molecule has 0 saturated carbocycles. The monoisotopic (exact) mass is 474 g/mol. The molecule has 0 radical (unpaired) electrons. The molecule has 0 spiro atoms. The van der Waals surface area contributed by atoms with Crippen LogP contribution in [0.15, 0.2) is 89.3 Å². The van der Waals surface area contributed by atoms with Crippen molar-refractivity contribution in [3.63, 3.8) is 0 Å². The molecule has 4 rings (SSSR count). The van der Waals surface area contributed by atoms with Crippen molar-refractivity contribution >= 4 is 5.91 Å². The van der Waals surface area contributed by atoms with Crippen molar-refractivity contribution in [2.24, 2.45) is 0 Å². The van der Waals surface area contributed by atoms with Crippen LogP contribution >= 0.6 is 0 Å². The molecule has 0 aliphatic rings. The van der Waals surface area contributed by atoms with Crippen LogP contribution in [0.1, 0.15) is 23.4 Å². The number of rotatable bonds is 6. The number of benzene rings is 3. The summed E-state index contributed by atoms with van der Waals surface area (Å²) in [6.07, 6.45) is -4.00. The third-order valence-corrected chi connectivity index (χ3v) is 5.12. The summed E-state index contributed by atoms with van der Waals surface area (Å²) < 4.78 is 44.4. The lowest BCUT2D eigenvalue weighted by Gasteiger charge is -2.05. The van der Waals surface area contributed by atoms with Gasteiger partial charge in [-0.1, -0.05) is 78.6 Å². The molecule has 4 nitrogen and oxygen atoms in total. The molecule has 0 unspecified atom stereocenters. The number of aromatic nitrogens is 1. The summed E-state index contributed by atoms with van der Waals surface area (Å²) in [6.45, 7) is 0.0190. The van der Waals surface area contributed by atoms with Gasteiger partial charge in [0.05, 0.1) is 12.1 Å². The number of nitrogens with zero attached hydrogens (tertiary/aromatic N) is 1. The van der Waals surface area contributed by atoms with Gasteiger partial charge < -0.3 is 9.73 Å². The van der Waals surface area contributed by atoms with Crippen LogP contribution in [-0.4, -0.2) is 17.4 Å². The Morgan fingerprint density at radius 1 is 0.914 bits per heavy atom. The van der Waals surface area contributed by atoms with E-state index in [1.165, 1.54) is 12.1 Å². The van der Waals surface area contributed by atoms with Gasteiger partial charge in [0.2, 0.25) is 5.91 Å². The number of alkyl halides is 3. The quantitative estimate of drug-likeness (QED) is 0.342. The van der Waals surface area contributed by atoms with Gasteiger partial charge in [-0.2, -0.15) is 13.2 Å². The summed E-state index contributed by atoms with van der Waals surface area (Å²) in [6, 6.07) is 24.0. The van der Waals surface area contributed by atoms with E-state index in [1.807, 2.05) is 60.7 Å². The number of oxazole rings is 1. The van der Waals surface area contributed by atoms with Crippen LogP contribution in [0.4, 0.5) is 13.2 Å². The van der Waals surface area contributed by atoms with Crippen LogP contribution in [0.5, 0.6) is 0 Å². The third-order valence-electron chi connectivity index (χ3n) is 5.12. The number of halogens is 3. The highest BCUT2D eigenvalue weighted by Crippen LogP contribution is 2.33. The first-order chi connectivity index (χ1) is 16.9. The lowest BCUT2D eigenvalue weighted by molar-refractivity contribution is -0.137. The van der Waals surface area contributed by atoms with Crippen molar-refractivity contribution in [2.45, 2.75) is 19.0 Å². The van der Waals surface area contributed by atoms with Gasteiger partial charge in [0.1, 0.15) is 5.69 Å². The van der Waals surface area contributed by atoms with Crippen molar-refractivity contribution in [2.75, 3.05) is 6.54 Å². The molecule has 176 valence electrons. The molecule has 0 bridgehead atoms. The van der Waals surface area contributed by atoms with E-state index in [4.69, 9.17) is 4.42 Å². The Labute approximate surface area is 200 Å². The molecule has 1 aromatic heterocycles. The van der Waals surface area contributed by atoms with Crippen molar-refractivity contribution in [3.05, 3.63) is 102 Å². The number of aryl methyl sites for hydroxylation is 1. The Hall–Kier alpha value is -4.31. The second kappa shape index (κ2) is 10.7.